The van der Waals surface area contributed by atoms with Crippen molar-refractivity contribution in [3.05, 3.63) is 78.6 Å². The van der Waals surface area contributed by atoms with E-state index < -0.39 is 0 Å². The molecule has 2 atom stereocenters. The van der Waals surface area contributed by atoms with Gasteiger partial charge in [0.05, 0.1) is 11.7 Å². The largest absolute Gasteiger partial charge is 0.365 e. The highest BCUT2D eigenvalue weighted by Crippen LogP contribution is 2.26. The number of anilines is 1. The van der Waals surface area contributed by atoms with Crippen LogP contribution in [0, 0.1) is 0 Å². The summed E-state index contributed by atoms with van der Waals surface area (Å²) in [5.74, 6) is 1.45. The maximum absolute atomic E-state index is 4.65. The molecule has 0 aliphatic carbocycles. The van der Waals surface area contributed by atoms with Crippen molar-refractivity contribution < 1.29 is 0 Å². The lowest BCUT2D eigenvalue weighted by Crippen LogP contribution is -2.35. The second kappa shape index (κ2) is 7.78. The van der Waals surface area contributed by atoms with Crippen molar-refractivity contribution in [2.75, 3.05) is 19.4 Å². The van der Waals surface area contributed by atoms with Gasteiger partial charge in [-0.15, -0.1) is 0 Å². The van der Waals surface area contributed by atoms with E-state index in [0.717, 1.165) is 17.1 Å². The van der Waals surface area contributed by atoms with Gasteiger partial charge in [0.2, 0.25) is 0 Å². The van der Waals surface area contributed by atoms with Crippen LogP contribution >= 0.6 is 0 Å². The minimum atomic E-state index is 0.135. The van der Waals surface area contributed by atoms with Crippen molar-refractivity contribution in [2.24, 2.45) is 0 Å². The van der Waals surface area contributed by atoms with Crippen molar-refractivity contribution in [3.8, 4) is 11.3 Å². The molecule has 0 amide bonds. The minimum absolute atomic E-state index is 0.135. The van der Waals surface area contributed by atoms with E-state index in [2.05, 4.69) is 82.7 Å². The van der Waals surface area contributed by atoms with Crippen LogP contribution < -0.4 is 5.32 Å². The topological polar surface area (TPSA) is 58.4 Å². The molecule has 6 nitrogen and oxygen atoms in total. The number of nitrogens with one attached hydrogen (secondary N) is 1. The molecule has 0 radical (unpaired) electrons. The summed E-state index contributed by atoms with van der Waals surface area (Å²) < 4.78 is 1.75. The van der Waals surface area contributed by atoms with Gasteiger partial charge >= 0.3 is 0 Å². The molecular weight excluding hydrogens is 348 g/mol. The van der Waals surface area contributed by atoms with Crippen molar-refractivity contribution in [1.82, 2.24) is 24.5 Å². The summed E-state index contributed by atoms with van der Waals surface area (Å²) in [5, 5.41) is 7.99. The number of fused-ring (bicyclic) bond motifs is 1. The first-order chi connectivity index (χ1) is 13.6. The van der Waals surface area contributed by atoms with Crippen LogP contribution in [0.15, 0.2) is 73.1 Å². The van der Waals surface area contributed by atoms with Crippen LogP contribution in [0.1, 0.15) is 18.5 Å². The molecule has 0 bridgehead atoms. The van der Waals surface area contributed by atoms with Crippen LogP contribution in [0.4, 0.5) is 5.82 Å². The highest BCUT2D eigenvalue weighted by atomic mass is 15.4. The van der Waals surface area contributed by atoms with Gasteiger partial charge in [-0.3, -0.25) is 0 Å². The van der Waals surface area contributed by atoms with Crippen molar-refractivity contribution >= 4 is 11.6 Å². The molecule has 6 heteroatoms. The second-order valence-electron chi connectivity index (χ2n) is 7.12. The fourth-order valence-corrected chi connectivity index (χ4v) is 3.67. The first-order valence-corrected chi connectivity index (χ1v) is 9.37. The third-order valence-electron chi connectivity index (χ3n) is 4.87. The Kier molecular flexibility index (Phi) is 5.04. The zero-order valence-electron chi connectivity index (χ0n) is 16.3. The number of aromatic nitrogens is 4. The molecule has 142 valence electrons. The molecule has 2 aromatic heterocycles. The Morgan fingerprint density at radius 3 is 2.32 bits per heavy atom. The molecule has 0 aliphatic rings. The standard InChI is InChI=1S/C22H24N6/c1-16(21(27(2)3)18-12-8-5-9-13-18)25-20-14-19(17-10-6-4-7-11-17)26-22-23-15-24-28(20)22/h4-16,21,25H,1-3H3/t16-,21-/m1/s1. The average molecular weight is 372 g/mol. The zero-order valence-corrected chi connectivity index (χ0v) is 16.3. The number of nitrogens with zero attached hydrogens (tertiary/aromatic N) is 5. The lowest BCUT2D eigenvalue weighted by molar-refractivity contribution is 0.275. The predicted molar refractivity (Wildman–Crippen MR) is 112 cm³/mol. The van der Waals surface area contributed by atoms with Gasteiger partial charge in [0.15, 0.2) is 0 Å². The van der Waals surface area contributed by atoms with Gasteiger partial charge < -0.3 is 10.2 Å². The van der Waals surface area contributed by atoms with E-state index in [4.69, 9.17) is 0 Å². The lowest BCUT2D eigenvalue weighted by Gasteiger charge is -2.31. The molecule has 1 N–H and O–H groups in total. The number of hydrogen-bond acceptors (Lipinski definition) is 5. The van der Waals surface area contributed by atoms with Gasteiger partial charge in [-0.05, 0) is 26.6 Å². The van der Waals surface area contributed by atoms with Crippen LogP contribution in [-0.2, 0) is 0 Å². The van der Waals surface area contributed by atoms with E-state index in [0.29, 0.717) is 5.78 Å². The minimum Gasteiger partial charge on any atom is -0.365 e. The smallest absolute Gasteiger partial charge is 0.254 e. The zero-order chi connectivity index (χ0) is 19.5. The van der Waals surface area contributed by atoms with E-state index in [1.807, 2.05) is 30.3 Å². The van der Waals surface area contributed by atoms with Gasteiger partial charge in [0.25, 0.3) is 5.78 Å². The molecule has 2 heterocycles. The average Bonchev–Trinajstić information content (AvgIpc) is 3.18. The molecule has 4 rings (SSSR count). The Morgan fingerprint density at radius 2 is 1.64 bits per heavy atom. The summed E-state index contributed by atoms with van der Waals surface area (Å²) in [4.78, 5) is 11.2. The molecule has 28 heavy (non-hydrogen) atoms. The van der Waals surface area contributed by atoms with Crippen molar-refractivity contribution in [2.45, 2.75) is 19.0 Å². The normalized spacial score (nSPS) is 13.6. The van der Waals surface area contributed by atoms with Crippen LogP contribution in [0.25, 0.3) is 17.0 Å². The molecular formula is C22H24N6. The van der Waals surface area contributed by atoms with E-state index in [-0.39, 0.29) is 12.1 Å². The van der Waals surface area contributed by atoms with Crippen LogP contribution in [0.5, 0.6) is 0 Å². The third-order valence-corrected chi connectivity index (χ3v) is 4.87. The van der Waals surface area contributed by atoms with Gasteiger partial charge in [-0.1, -0.05) is 60.7 Å². The molecule has 0 aliphatic heterocycles. The Balaban J connectivity index is 1.71. The SMILES string of the molecule is C[C@@H](Nc1cc(-c2ccccc2)nc2ncnn12)[C@H](c1ccccc1)N(C)C. The maximum Gasteiger partial charge on any atom is 0.254 e. The summed E-state index contributed by atoms with van der Waals surface area (Å²) in [7, 11) is 4.20. The number of hydrogen-bond donors (Lipinski definition) is 1. The fraction of sp³-hybridized carbons (Fsp3) is 0.227. The van der Waals surface area contributed by atoms with E-state index >= 15 is 0 Å². The van der Waals surface area contributed by atoms with Gasteiger partial charge in [-0.2, -0.15) is 14.6 Å². The first-order valence-electron chi connectivity index (χ1n) is 9.37. The Bertz CT molecular complexity index is 1040. The van der Waals surface area contributed by atoms with Gasteiger partial charge in [-0.25, -0.2) is 4.98 Å². The Labute approximate surface area is 164 Å². The molecule has 4 aromatic rings. The summed E-state index contributed by atoms with van der Waals surface area (Å²) in [6.07, 6.45) is 1.54. The molecule has 0 saturated carbocycles. The Hall–Kier alpha value is -3.25. The summed E-state index contributed by atoms with van der Waals surface area (Å²) in [6, 6.07) is 23.0. The fourth-order valence-electron chi connectivity index (χ4n) is 3.67. The number of benzene rings is 2. The predicted octanol–water partition coefficient (Wildman–Crippen LogP) is 3.89. The van der Waals surface area contributed by atoms with Crippen LogP contribution in [0.3, 0.4) is 0 Å². The van der Waals surface area contributed by atoms with Crippen molar-refractivity contribution in [3.63, 3.8) is 0 Å². The third kappa shape index (κ3) is 3.59. The summed E-state index contributed by atoms with van der Waals surface area (Å²) in [5.41, 5.74) is 3.19. The summed E-state index contributed by atoms with van der Waals surface area (Å²) >= 11 is 0. The molecule has 0 saturated heterocycles. The first kappa shape index (κ1) is 18.1. The van der Waals surface area contributed by atoms with Crippen LogP contribution in [0.2, 0.25) is 0 Å². The van der Waals surface area contributed by atoms with E-state index in [1.165, 1.54) is 11.9 Å². The van der Waals surface area contributed by atoms with E-state index in [9.17, 15) is 0 Å². The second-order valence-corrected chi connectivity index (χ2v) is 7.12. The maximum atomic E-state index is 4.65. The number of rotatable bonds is 6. The molecule has 0 unspecified atom stereocenters. The highest BCUT2D eigenvalue weighted by Gasteiger charge is 2.22. The molecule has 0 fully saturated rings. The lowest BCUT2D eigenvalue weighted by atomic mass is 9.99. The monoisotopic (exact) mass is 372 g/mol. The molecule has 2 aromatic carbocycles. The van der Waals surface area contributed by atoms with Crippen LogP contribution in [-0.4, -0.2) is 44.6 Å². The highest BCUT2D eigenvalue weighted by molar-refractivity contribution is 5.65. The van der Waals surface area contributed by atoms with E-state index in [1.54, 1.807) is 4.52 Å². The van der Waals surface area contributed by atoms with Gasteiger partial charge in [0.1, 0.15) is 12.1 Å². The quantitative estimate of drug-likeness (QED) is 0.556. The van der Waals surface area contributed by atoms with Crippen molar-refractivity contribution in [1.29, 1.82) is 0 Å². The summed E-state index contributed by atoms with van der Waals surface area (Å²) in [6.45, 7) is 2.18. The Morgan fingerprint density at radius 1 is 0.964 bits per heavy atom. The number of likely N-dealkylation sites (N-methyl/N-ethyl adjacent to an activating group) is 1. The molecule has 0 spiro atoms. The van der Waals surface area contributed by atoms with Gasteiger partial charge in [0, 0.05) is 17.7 Å².